The Kier molecular flexibility index (Phi) is 10.5. The molecule has 0 radical (unpaired) electrons. The third-order valence-corrected chi connectivity index (χ3v) is 7.60. The normalized spacial score (nSPS) is 18.1. The average molecular weight is 514 g/mol. The Labute approximate surface area is 228 Å². The topological polar surface area (TPSA) is 66.7 Å². The summed E-state index contributed by atoms with van der Waals surface area (Å²) in [6, 6.07) is 13.0. The summed E-state index contributed by atoms with van der Waals surface area (Å²) in [6.07, 6.45) is 17.3. The van der Waals surface area contributed by atoms with Crippen LogP contribution in [-0.2, 0) is 0 Å². The Morgan fingerprint density at radius 1 is 1.08 bits per heavy atom. The molecule has 3 N–H and O–H groups in total. The monoisotopic (exact) mass is 513 g/mol. The predicted molar refractivity (Wildman–Crippen MR) is 159 cm³/mol. The molecule has 6 heteroatoms. The number of nitrogens with zero attached hydrogens (tertiary/aromatic N) is 3. The van der Waals surface area contributed by atoms with Gasteiger partial charge in [-0.05, 0) is 105 Å². The number of aromatic nitrogens is 1. The number of nitrogens with two attached hydrogens (primary N) is 1. The minimum absolute atomic E-state index is 0.577. The molecule has 1 aromatic carbocycles. The molecule has 0 saturated carbocycles. The van der Waals surface area contributed by atoms with E-state index >= 15 is 0 Å². The summed E-state index contributed by atoms with van der Waals surface area (Å²) in [7, 11) is 0. The second-order valence-corrected chi connectivity index (χ2v) is 10.0. The number of benzene rings is 1. The van der Waals surface area contributed by atoms with E-state index in [0.717, 1.165) is 67.4 Å². The van der Waals surface area contributed by atoms with Gasteiger partial charge in [-0.2, -0.15) is 0 Å². The molecule has 2 saturated heterocycles. The van der Waals surface area contributed by atoms with Gasteiger partial charge in [0.25, 0.3) is 0 Å². The molecule has 2 aromatic rings. The number of allylic oxidation sites excluding steroid dienone is 4. The second-order valence-electron chi connectivity index (χ2n) is 10.0. The van der Waals surface area contributed by atoms with Gasteiger partial charge in [0.1, 0.15) is 18.2 Å². The van der Waals surface area contributed by atoms with Crippen LogP contribution in [0.1, 0.15) is 56.1 Å². The van der Waals surface area contributed by atoms with Crippen LogP contribution in [0.2, 0.25) is 0 Å². The Morgan fingerprint density at radius 3 is 2.47 bits per heavy atom. The molecule has 4 rings (SSSR count). The van der Waals surface area contributed by atoms with Crippen molar-refractivity contribution < 1.29 is 4.74 Å². The zero-order valence-corrected chi connectivity index (χ0v) is 22.8. The third kappa shape index (κ3) is 7.51. The number of hydrogen-bond donors (Lipinski definition) is 2. The van der Waals surface area contributed by atoms with Gasteiger partial charge in [-0.3, -0.25) is 4.90 Å². The van der Waals surface area contributed by atoms with Crippen LogP contribution >= 0.6 is 0 Å². The average Bonchev–Trinajstić information content (AvgIpc) is 2.98. The molecule has 0 spiro atoms. The lowest BCUT2D eigenvalue weighted by Gasteiger charge is -2.33. The molecule has 0 aliphatic carbocycles. The van der Waals surface area contributed by atoms with E-state index in [1.54, 1.807) is 12.4 Å². The quantitative estimate of drug-likeness (QED) is 0.369. The van der Waals surface area contributed by atoms with Gasteiger partial charge in [-0.25, -0.2) is 4.98 Å². The standard InChI is InChI=1S/C32H43N5O/c1-3-26(14-17-33)31(25-34-4-2)29-10-13-32(35-24-29)37-20-15-28(16-21-37)27-8-11-30(12-9-27)38-23-22-36-18-6-5-7-19-36/h3-4,8-14,17,24-25,28,34H,2,5-7,15-16,18-23,33H2,1H3/b17-14-,26-3-,31-25+. The molecule has 38 heavy (non-hydrogen) atoms. The summed E-state index contributed by atoms with van der Waals surface area (Å²) in [4.78, 5) is 9.71. The predicted octanol–water partition coefficient (Wildman–Crippen LogP) is 5.82. The van der Waals surface area contributed by atoms with Gasteiger partial charge in [0.15, 0.2) is 0 Å². The number of anilines is 1. The van der Waals surface area contributed by atoms with Crippen molar-refractivity contribution >= 4 is 11.4 Å². The maximum atomic E-state index is 6.03. The number of pyridine rings is 1. The molecule has 1 aromatic heterocycles. The van der Waals surface area contributed by atoms with Crippen LogP contribution in [0, 0.1) is 0 Å². The van der Waals surface area contributed by atoms with E-state index in [1.165, 1.54) is 37.9 Å². The number of likely N-dealkylation sites (tertiary alicyclic amines) is 1. The SMILES string of the molecule is C=CN\C=C(C(/C=C\N)=C\C)\c1ccc(N2CCC(c3ccc(OCCN4CCCCC4)cc3)CC2)nc1. The van der Waals surface area contributed by atoms with Crippen molar-refractivity contribution in [2.45, 2.75) is 44.9 Å². The van der Waals surface area contributed by atoms with E-state index in [2.05, 4.69) is 58.1 Å². The Bertz CT molecular complexity index is 1090. The van der Waals surface area contributed by atoms with Gasteiger partial charge < -0.3 is 20.7 Å². The van der Waals surface area contributed by atoms with E-state index < -0.39 is 0 Å². The third-order valence-electron chi connectivity index (χ3n) is 7.60. The van der Waals surface area contributed by atoms with E-state index in [9.17, 15) is 0 Å². The number of hydrogen-bond acceptors (Lipinski definition) is 6. The smallest absolute Gasteiger partial charge is 0.128 e. The van der Waals surface area contributed by atoms with Crippen molar-refractivity contribution in [3.05, 3.63) is 96.6 Å². The first-order chi connectivity index (χ1) is 18.7. The summed E-state index contributed by atoms with van der Waals surface area (Å²) in [5.41, 5.74) is 10.1. The molecule has 2 aliphatic rings. The van der Waals surface area contributed by atoms with Crippen molar-refractivity contribution in [3.63, 3.8) is 0 Å². The molecule has 0 unspecified atom stereocenters. The van der Waals surface area contributed by atoms with Gasteiger partial charge in [0, 0.05) is 43.2 Å². The van der Waals surface area contributed by atoms with E-state index in [-0.39, 0.29) is 0 Å². The van der Waals surface area contributed by atoms with Crippen LogP contribution in [0.15, 0.2) is 85.5 Å². The zero-order chi connectivity index (χ0) is 26.6. The highest BCUT2D eigenvalue weighted by Gasteiger charge is 2.22. The highest BCUT2D eigenvalue weighted by Crippen LogP contribution is 2.31. The van der Waals surface area contributed by atoms with E-state index in [0.29, 0.717) is 5.92 Å². The lowest BCUT2D eigenvalue weighted by Crippen LogP contribution is -2.33. The lowest BCUT2D eigenvalue weighted by atomic mass is 9.89. The maximum absolute atomic E-state index is 6.03. The van der Waals surface area contributed by atoms with Crippen LogP contribution in [0.3, 0.4) is 0 Å². The molecule has 2 fully saturated rings. The van der Waals surface area contributed by atoms with Crippen LogP contribution < -0.4 is 20.7 Å². The molecular weight excluding hydrogens is 470 g/mol. The first-order valence-corrected chi connectivity index (χ1v) is 14.0. The highest BCUT2D eigenvalue weighted by atomic mass is 16.5. The van der Waals surface area contributed by atoms with Crippen LogP contribution in [0.4, 0.5) is 5.82 Å². The van der Waals surface area contributed by atoms with Gasteiger partial charge in [-0.1, -0.05) is 31.2 Å². The molecule has 202 valence electrons. The molecule has 6 nitrogen and oxygen atoms in total. The van der Waals surface area contributed by atoms with E-state index in [1.807, 2.05) is 31.5 Å². The van der Waals surface area contributed by atoms with Gasteiger partial charge in [0.05, 0.1) is 0 Å². The zero-order valence-electron chi connectivity index (χ0n) is 22.8. The number of piperidine rings is 2. The Balaban J connectivity index is 1.29. The first-order valence-electron chi connectivity index (χ1n) is 14.0. The lowest BCUT2D eigenvalue weighted by molar-refractivity contribution is 0.183. The van der Waals surface area contributed by atoms with Crippen molar-refractivity contribution in [1.29, 1.82) is 0 Å². The van der Waals surface area contributed by atoms with Crippen molar-refractivity contribution in [2.24, 2.45) is 5.73 Å². The highest BCUT2D eigenvalue weighted by molar-refractivity contribution is 5.81. The summed E-state index contributed by atoms with van der Waals surface area (Å²) < 4.78 is 6.03. The molecule has 0 bridgehead atoms. The fourth-order valence-electron chi connectivity index (χ4n) is 5.41. The van der Waals surface area contributed by atoms with Crippen LogP contribution in [0.25, 0.3) is 5.57 Å². The van der Waals surface area contributed by atoms with Gasteiger partial charge in [0.2, 0.25) is 0 Å². The van der Waals surface area contributed by atoms with Crippen LogP contribution in [0.5, 0.6) is 5.75 Å². The van der Waals surface area contributed by atoms with Crippen molar-refractivity contribution in [1.82, 2.24) is 15.2 Å². The minimum atomic E-state index is 0.577. The molecule has 2 aliphatic heterocycles. The van der Waals surface area contributed by atoms with Gasteiger partial charge >= 0.3 is 0 Å². The summed E-state index contributed by atoms with van der Waals surface area (Å²) in [6.45, 7) is 12.0. The number of nitrogens with one attached hydrogen (secondary N) is 1. The Morgan fingerprint density at radius 2 is 1.84 bits per heavy atom. The first kappa shape index (κ1) is 27.5. The van der Waals surface area contributed by atoms with E-state index in [4.69, 9.17) is 15.5 Å². The van der Waals surface area contributed by atoms with Crippen molar-refractivity contribution in [3.8, 4) is 5.75 Å². The minimum Gasteiger partial charge on any atom is -0.492 e. The summed E-state index contributed by atoms with van der Waals surface area (Å²) >= 11 is 0. The van der Waals surface area contributed by atoms with Crippen molar-refractivity contribution in [2.75, 3.05) is 44.2 Å². The second kappa shape index (κ2) is 14.4. The summed E-state index contributed by atoms with van der Waals surface area (Å²) in [5, 5.41) is 3.08. The van der Waals surface area contributed by atoms with Gasteiger partial charge in [-0.15, -0.1) is 0 Å². The largest absolute Gasteiger partial charge is 0.492 e. The molecule has 0 atom stereocenters. The number of rotatable bonds is 11. The molecule has 3 heterocycles. The maximum Gasteiger partial charge on any atom is 0.128 e. The molecular formula is C32H43N5O. The Hall–Kier alpha value is -3.51. The fourth-order valence-corrected chi connectivity index (χ4v) is 5.41. The molecule has 0 amide bonds. The number of ether oxygens (including phenoxy) is 1. The fraction of sp³-hybridized carbons (Fsp3) is 0.406. The summed E-state index contributed by atoms with van der Waals surface area (Å²) in [5.74, 6) is 2.58. The van der Waals surface area contributed by atoms with Crippen LogP contribution in [-0.4, -0.2) is 49.2 Å².